The SMILES string of the molecule is NC(=S)c1cc2c(nc1NCCOCC1CC1)CCC2. The Balaban J connectivity index is 1.60. The van der Waals surface area contributed by atoms with Crippen LogP contribution in [0.1, 0.15) is 36.1 Å². The summed E-state index contributed by atoms with van der Waals surface area (Å²) in [5.74, 6) is 1.62. The minimum Gasteiger partial charge on any atom is -0.389 e. The molecule has 3 N–H and O–H groups in total. The molecule has 0 aromatic carbocycles. The number of anilines is 1. The van der Waals surface area contributed by atoms with E-state index in [-0.39, 0.29) is 0 Å². The zero-order chi connectivity index (χ0) is 13.9. The van der Waals surface area contributed by atoms with Crippen molar-refractivity contribution in [1.29, 1.82) is 0 Å². The van der Waals surface area contributed by atoms with Crippen LogP contribution >= 0.6 is 12.2 Å². The van der Waals surface area contributed by atoms with E-state index in [1.807, 2.05) is 0 Å². The van der Waals surface area contributed by atoms with Crippen molar-refractivity contribution in [2.75, 3.05) is 25.1 Å². The van der Waals surface area contributed by atoms with Gasteiger partial charge in [-0.1, -0.05) is 12.2 Å². The lowest BCUT2D eigenvalue weighted by atomic mass is 10.1. The van der Waals surface area contributed by atoms with E-state index in [1.165, 1.54) is 30.5 Å². The standard InChI is InChI=1S/C15H21N3OS/c16-14(20)12-8-11-2-1-3-13(11)18-15(12)17-6-7-19-9-10-4-5-10/h8,10H,1-7,9H2,(H2,16,20)(H,17,18). The van der Waals surface area contributed by atoms with Crippen LogP contribution in [-0.2, 0) is 17.6 Å². The molecule has 0 atom stereocenters. The minimum absolute atomic E-state index is 0.411. The Morgan fingerprint density at radius 2 is 2.30 bits per heavy atom. The van der Waals surface area contributed by atoms with Crippen molar-refractivity contribution in [2.24, 2.45) is 11.7 Å². The van der Waals surface area contributed by atoms with E-state index in [0.717, 1.165) is 43.3 Å². The quantitative estimate of drug-likeness (QED) is 0.595. The van der Waals surface area contributed by atoms with Crippen LogP contribution in [0, 0.1) is 5.92 Å². The second-order valence-electron chi connectivity index (χ2n) is 5.65. The van der Waals surface area contributed by atoms with Crippen LogP contribution in [0.3, 0.4) is 0 Å². The number of pyridine rings is 1. The molecule has 2 aliphatic carbocycles. The molecule has 1 aromatic heterocycles. The first kappa shape index (κ1) is 13.8. The van der Waals surface area contributed by atoms with Gasteiger partial charge in [-0.25, -0.2) is 4.98 Å². The van der Waals surface area contributed by atoms with Gasteiger partial charge in [-0.15, -0.1) is 0 Å². The van der Waals surface area contributed by atoms with E-state index in [1.54, 1.807) is 0 Å². The monoisotopic (exact) mass is 291 g/mol. The van der Waals surface area contributed by atoms with E-state index < -0.39 is 0 Å². The first-order valence-electron chi connectivity index (χ1n) is 7.38. The molecule has 0 unspecified atom stereocenters. The summed E-state index contributed by atoms with van der Waals surface area (Å²) in [6.45, 7) is 2.33. The Hall–Kier alpha value is -1.20. The summed E-state index contributed by atoms with van der Waals surface area (Å²) in [5.41, 5.74) is 9.15. The smallest absolute Gasteiger partial charge is 0.136 e. The molecule has 0 radical (unpaired) electrons. The topological polar surface area (TPSA) is 60.2 Å². The molecule has 0 aliphatic heterocycles. The van der Waals surface area contributed by atoms with Gasteiger partial charge in [-0.3, -0.25) is 0 Å². The van der Waals surface area contributed by atoms with E-state index in [4.69, 9.17) is 22.7 Å². The average Bonchev–Trinajstić information content (AvgIpc) is 3.14. The Morgan fingerprint density at radius 3 is 3.05 bits per heavy atom. The van der Waals surface area contributed by atoms with Crippen molar-refractivity contribution in [2.45, 2.75) is 32.1 Å². The van der Waals surface area contributed by atoms with E-state index in [9.17, 15) is 0 Å². The molecule has 3 rings (SSSR count). The molecule has 1 aromatic rings. The Bertz CT molecular complexity index is 514. The molecule has 2 aliphatic rings. The van der Waals surface area contributed by atoms with Gasteiger partial charge in [0.05, 0.1) is 12.2 Å². The summed E-state index contributed by atoms with van der Waals surface area (Å²) in [5, 5.41) is 3.31. The number of hydrogen-bond donors (Lipinski definition) is 2. The number of nitrogens with zero attached hydrogens (tertiary/aromatic N) is 1. The van der Waals surface area contributed by atoms with Gasteiger partial charge in [0, 0.05) is 18.8 Å². The number of nitrogens with two attached hydrogens (primary N) is 1. The lowest BCUT2D eigenvalue weighted by Crippen LogP contribution is -2.18. The Labute approximate surface area is 125 Å². The third kappa shape index (κ3) is 3.27. The van der Waals surface area contributed by atoms with Gasteiger partial charge in [0.2, 0.25) is 0 Å². The van der Waals surface area contributed by atoms with Crippen molar-refractivity contribution in [1.82, 2.24) is 4.98 Å². The summed E-state index contributed by atoms with van der Waals surface area (Å²) in [6, 6.07) is 2.10. The van der Waals surface area contributed by atoms with Crippen LogP contribution in [0.4, 0.5) is 5.82 Å². The summed E-state index contributed by atoms with van der Waals surface area (Å²) < 4.78 is 5.62. The van der Waals surface area contributed by atoms with Crippen LogP contribution < -0.4 is 11.1 Å². The van der Waals surface area contributed by atoms with Crippen LogP contribution in [0.2, 0.25) is 0 Å². The fourth-order valence-electron chi connectivity index (χ4n) is 2.57. The molecule has 5 heteroatoms. The molecular weight excluding hydrogens is 270 g/mol. The van der Waals surface area contributed by atoms with Gasteiger partial charge in [0.25, 0.3) is 0 Å². The van der Waals surface area contributed by atoms with Gasteiger partial charge in [0.15, 0.2) is 0 Å². The van der Waals surface area contributed by atoms with Gasteiger partial charge in [-0.2, -0.15) is 0 Å². The number of thiocarbonyl (C=S) groups is 1. The molecule has 0 saturated heterocycles. The van der Waals surface area contributed by atoms with Gasteiger partial charge in [-0.05, 0) is 49.7 Å². The molecule has 1 saturated carbocycles. The highest BCUT2D eigenvalue weighted by atomic mass is 32.1. The first-order chi connectivity index (χ1) is 9.74. The van der Waals surface area contributed by atoms with Crippen molar-refractivity contribution in [3.8, 4) is 0 Å². The van der Waals surface area contributed by atoms with Crippen LogP contribution in [0.25, 0.3) is 0 Å². The predicted octanol–water partition coefficient (Wildman–Crippen LogP) is 2.04. The number of aromatic nitrogens is 1. The second-order valence-corrected chi connectivity index (χ2v) is 6.09. The average molecular weight is 291 g/mol. The number of ether oxygens (including phenoxy) is 1. The number of rotatable bonds is 7. The maximum absolute atomic E-state index is 5.81. The number of nitrogens with one attached hydrogen (secondary N) is 1. The summed E-state index contributed by atoms with van der Waals surface area (Å²) >= 11 is 5.13. The van der Waals surface area contributed by atoms with Gasteiger partial charge in [0.1, 0.15) is 10.8 Å². The Kier molecular flexibility index (Phi) is 4.17. The van der Waals surface area contributed by atoms with Gasteiger partial charge >= 0.3 is 0 Å². The maximum atomic E-state index is 5.81. The second kappa shape index (κ2) is 6.06. The predicted molar refractivity (Wildman–Crippen MR) is 84.2 cm³/mol. The van der Waals surface area contributed by atoms with Crippen LogP contribution in [-0.4, -0.2) is 29.7 Å². The van der Waals surface area contributed by atoms with Crippen LogP contribution in [0.5, 0.6) is 0 Å². The Morgan fingerprint density at radius 1 is 1.45 bits per heavy atom. The number of hydrogen-bond acceptors (Lipinski definition) is 4. The minimum atomic E-state index is 0.411. The molecule has 108 valence electrons. The number of aryl methyl sites for hydroxylation is 2. The molecular formula is C15H21N3OS. The first-order valence-corrected chi connectivity index (χ1v) is 7.79. The van der Waals surface area contributed by atoms with E-state index >= 15 is 0 Å². The third-order valence-corrected chi connectivity index (χ3v) is 4.13. The fraction of sp³-hybridized carbons (Fsp3) is 0.600. The highest BCUT2D eigenvalue weighted by molar-refractivity contribution is 7.80. The molecule has 0 amide bonds. The summed E-state index contributed by atoms with van der Waals surface area (Å²) in [6.07, 6.45) is 5.96. The maximum Gasteiger partial charge on any atom is 0.136 e. The lowest BCUT2D eigenvalue weighted by molar-refractivity contribution is 0.134. The van der Waals surface area contributed by atoms with Crippen LogP contribution in [0.15, 0.2) is 6.07 Å². The van der Waals surface area contributed by atoms with Crippen molar-refractivity contribution in [3.63, 3.8) is 0 Å². The fourth-order valence-corrected chi connectivity index (χ4v) is 2.73. The van der Waals surface area contributed by atoms with Gasteiger partial charge < -0.3 is 15.8 Å². The normalized spacial score (nSPS) is 17.0. The van der Waals surface area contributed by atoms with E-state index in [2.05, 4.69) is 16.4 Å². The third-order valence-electron chi connectivity index (χ3n) is 3.91. The van der Waals surface area contributed by atoms with Crippen molar-refractivity contribution < 1.29 is 4.74 Å². The zero-order valence-electron chi connectivity index (χ0n) is 11.7. The highest BCUT2D eigenvalue weighted by Crippen LogP contribution is 2.28. The molecule has 0 bridgehead atoms. The molecule has 4 nitrogen and oxygen atoms in total. The molecule has 1 fully saturated rings. The van der Waals surface area contributed by atoms with Crippen molar-refractivity contribution in [3.05, 3.63) is 22.9 Å². The number of fused-ring (bicyclic) bond motifs is 1. The lowest BCUT2D eigenvalue weighted by Gasteiger charge is -2.13. The molecule has 1 heterocycles. The zero-order valence-corrected chi connectivity index (χ0v) is 12.5. The molecule has 20 heavy (non-hydrogen) atoms. The largest absolute Gasteiger partial charge is 0.389 e. The summed E-state index contributed by atoms with van der Waals surface area (Å²) in [7, 11) is 0. The van der Waals surface area contributed by atoms with E-state index in [0.29, 0.717) is 11.6 Å². The van der Waals surface area contributed by atoms with Crippen molar-refractivity contribution >= 4 is 23.0 Å². The summed E-state index contributed by atoms with van der Waals surface area (Å²) in [4.78, 5) is 5.10. The molecule has 0 spiro atoms. The highest BCUT2D eigenvalue weighted by Gasteiger charge is 2.21.